The van der Waals surface area contributed by atoms with Crippen LogP contribution in [0.2, 0.25) is 0 Å². The molecule has 0 aliphatic carbocycles. The van der Waals surface area contributed by atoms with Gasteiger partial charge in [-0.25, -0.2) is 13.8 Å². The van der Waals surface area contributed by atoms with Gasteiger partial charge in [0.25, 0.3) is 5.92 Å². The van der Waals surface area contributed by atoms with Crippen molar-refractivity contribution in [2.45, 2.75) is 51.4 Å². The summed E-state index contributed by atoms with van der Waals surface area (Å²) in [5.74, 6) is -2.24. The number of rotatable bonds is 5. The third-order valence-electron chi connectivity index (χ3n) is 4.72. The summed E-state index contributed by atoms with van der Waals surface area (Å²) in [7, 11) is 0. The van der Waals surface area contributed by atoms with Crippen molar-refractivity contribution in [2.75, 3.05) is 34.4 Å². The fraction of sp³-hybridized carbons (Fsp3) is 0.500. The van der Waals surface area contributed by atoms with E-state index in [-0.39, 0.29) is 48.3 Å². The maximum atomic E-state index is 13.8. The maximum Gasteiger partial charge on any atom is 0.416 e. The van der Waals surface area contributed by atoms with E-state index < -0.39 is 29.7 Å². The number of halogens is 5. The molecule has 1 aromatic carbocycles. The van der Waals surface area contributed by atoms with Gasteiger partial charge in [0, 0.05) is 13.0 Å². The second-order valence-electron chi connectivity index (χ2n) is 8.61. The highest BCUT2D eigenvalue weighted by Crippen LogP contribution is 2.35. The van der Waals surface area contributed by atoms with Crippen molar-refractivity contribution in [1.29, 1.82) is 0 Å². The molecule has 11 heteroatoms. The van der Waals surface area contributed by atoms with Crippen LogP contribution in [0, 0.1) is 0 Å². The summed E-state index contributed by atoms with van der Waals surface area (Å²) in [4.78, 5) is 8.70. The number of hydrogen-bond donors (Lipinski definition) is 3. The summed E-state index contributed by atoms with van der Waals surface area (Å²) in [6, 6.07) is 5.17. The molecule has 1 aliphatic rings. The van der Waals surface area contributed by atoms with Crippen LogP contribution in [0.4, 0.5) is 45.2 Å². The van der Waals surface area contributed by atoms with E-state index in [1.54, 1.807) is 0 Å². The number of nitrogens with zero attached hydrogens (tertiary/aromatic N) is 2. The largest absolute Gasteiger partial charge is 0.416 e. The average Bonchev–Trinajstić information content (AvgIpc) is 2.99. The first kappa shape index (κ1) is 22.8. The number of aromatic amines is 1. The average molecular weight is 445 g/mol. The van der Waals surface area contributed by atoms with Crippen LogP contribution in [0.15, 0.2) is 24.3 Å². The van der Waals surface area contributed by atoms with Crippen LogP contribution >= 0.6 is 0 Å². The van der Waals surface area contributed by atoms with E-state index in [1.807, 2.05) is 20.8 Å². The minimum atomic E-state index is -4.51. The Morgan fingerprint density at radius 3 is 2.45 bits per heavy atom. The number of nitrogens with one attached hydrogen (secondary N) is 3. The molecule has 1 aromatic heterocycles. The molecule has 0 amide bonds. The van der Waals surface area contributed by atoms with Gasteiger partial charge in [-0.3, -0.25) is 5.32 Å². The lowest BCUT2D eigenvalue weighted by Crippen LogP contribution is -2.36. The van der Waals surface area contributed by atoms with Gasteiger partial charge in [0.15, 0.2) is 5.69 Å². The molecule has 1 aliphatic heterocycles. The summed E-state index contributed by atoms with van der Waals surface area (Å²) < 4.78 is 67.4. The number of alkyl halides is 5. The number of anilines is 4. The van der Waals surface area contributed by atoms with Gasteiger partial charge in [0.05, 0.1) is 17.6 Å². The van der Waals surface area contributed by atoms with Gasteiger partial charge in [-0.2, -0.15) is 13.2 Å². The van der Waals surface area contributed by atoms with Gasteiger partial charge in [-0.15, -0.1) is 0 Å². The van der Waals surface area contributed by atoms with Crippen molar-refractivity contribution < 1.29 is 26.9 Å². The number of nitrogens with two attached hydrogens (primary N) is 1. The van der Waals surface area contributed by atoms with Crippen molar-refractivity contribution in [3.8, 4) is 0 Å². The van der Waals surface area contributed by atoms with E-state index in [2.05, 4.69) is 20.6 Å². The Morgan fingerprint density at radius 2 is 1.87 bits per heavy atom. The Hall–Kier alpha value is -2.85. The van der Waals surface area contributed by atoms with Gasteiger partial charge in [0.1, 0.15) is 6.54 Å². The number of nitrogen functional groups attached to an aromatic ring is 1. The molecule has 0 spiro atoms. The summed E-state index contributed by atoms with van der Waals surface area (Å²) in [5.41, 5.74) is 5.08. The fourth-order valence-electron chi connectivity index (χ4n) is 3.35. The minimum absolute atomic E-state index is 0.0172. The summed E-state index contributed by atoms with van der Waals surface area (Å²) >= 11 is 0. The predicted molar refractivity (Wildman–Crippen MR) is 109 cm³/mol. The Labute approximate surface area is 177 Å². The number of aromatic nitrogens is 2. The van der Waals surface area contributed by atoms with Crippen molar-refractivity contribution in [2.24, 2.45) is 0 Å². The number of hydrogen-bond acceptors (Lipinski definition) is 5. The second-order valence-corrected chi connectivity index (χ2v) is 8.61. The van der Waals surface area contributed by atoms with Crippen LogP contribution in [0.1, 0.15) is 38.3 Å². The molecule has 0 atom stereocenters. The Balaban J connectivity index is 1.94. The van der Waals surface area contributed by atoms with Gasteiger partial charge < -0.3 is 16.0 Å². The zero-order chi connectivity index (χ0) is 23.0. The van der Waals surface area contributed by atoms with E-state index in [9.17, 15) is 22.0 Å². The van der Waals surface area contributed by atoms with Crippen LogP contribution in [-0.2, 0) is 12.7 Å². The molecule has 1 fully saturated rings. The summed E-state index contributed by atoms with van der Waals surface area (Å²) in [6.07, 6.45) is -4.82. The molecule has 1 saturated heterocycles. The molecule has 0 bridgehead atoms. The third-order valence-corrected chi connectivity index (χ3v) is 4.72. The molecule has 31 heavy (non-hydrogen) atoms. The molecule has 6 nitrogen and oxygen atoms in total. The van der Waals surface area contributed by atoms with Gasteiger partial charge in [-0.1, -0.05) is 23.2 Å². The highest BCUT2D eigenvalue weighted by molar-refractivity contribution is 5.74. The lowest BCUT2D eigenvalue weighted by Gasteiger charge is -2.21. The molecule has 170 valence electrons. The molecule has 2 aromatic rings. The lowest BCUT2D eigenvalue weighted by atomic mass is 10.1. The molecule has 3 rings (SSSR count). The third kappa shape index (κ3) is 5.65. The van der Waals surface area contributed by atoms with Crippen molar-refractivity contribution in [1.82, 2.24) is 4.98 Å². The van der Waals surface area contributed by atoms with Crippen LogP contribution < -0.4 is 26.3 Å². The van der Waals surface area contributed by atoms with E-state index in [4.69, 9.17) is 5.73 Å². The summed E-state index contributed by atoms with van der Waals surface area (Å²) in [5, 5.41) is 5.95. The smallest absolute Gasteiger partial charge is 0.390 e. The first-order valence-corrected chi connectivity index (χ1v) is 9.78. The Bertz CT molecular complexity index is 939. The van der Waals surface area contributed by atoms with Crippen LogP contribution in [0.5, 0.6) is 0 Å². The van der Waals surface area contributed by atoms with Gasteiger partial charge in [0.2, 0.25) is 11.6 Å². The highest BCUT2D eigenvalue weighted by atomic mass is 19.4. The second kappa shape index (κ2) is 8.01. The van der Waals surface area contributed by atoms with Crippen LogP contribution in [-0.4, -0.2) is 29.5 Å². The monoisotopic (exact) mass is 445 g/mol. The number of H-pyrrole nitrogens is 1. The SMILES string of the molecule is CC(C)(C)Nc1nc(NCc2ccccc2C(F)(F)F)c(N)c(N2CCC(F)(F)C2)[nH+]1. The van der Waals surface area contributed by atoms with E-state index in [0.717, 1.165) is 6.07 Å². The van der Waals surface area contributed by atoms with Crippen molar-refractivity contribution >= 4 is 23.3 Å². The van der Waals surface area contributed by atoms with Gasteiger partial charge in [-0.05, 0) is 32.4 Å². The Kier molecular flexibility index (Phi) is 5.90. The minimum Gasteiger partial charge on any atom is -0.390 e. The molecule has 0 saturated carbocycles. The molecular weight excluding hydrogens is 419 g/mol. The van der Waals surface area contributed by atoms with Crippen molar-refractivity contribution in [3.63, 3.8) is 0 Å². The van der Waals surface area contributed by atoms with E-state index >= 15 is 0 Å². The zero-order valence-electron chi connectivity index (χ0n) is 17.5. The highest BCUT2D eigenvalue weighted by Gasteiger charge is 2.42. The standard InChI is InChI=1S/C20H25F5N6/c1-18(2,3)30-17-28-15(14(26)16(29-17)31-9-8-19(21,22)11-31)27-10-12-6-4-5-7-13(12)20(23,24)25/h4-7H,8-11,26H2,1-3H3,(H2,27,28,29,30)/p+1. The normalized spacial score (nSPS) is 16.5. The fourth-order valence-corrected chi connectivity index (χ4v) is 3.35. The predicted octanol–water partition coefficient (Wildman–Crippen LogP) is 4.16. The van der Waals surface area contributed by atoms with E-state index in [0.29, 0.717) is 0 Å². The lowest BCUT2D eigenvalue weighted by molar-refractivity contribution is -0.350. The number of benzene rings is 1. The molecule has 0 radical (unpaired) electrons. The summed E-state index contributed by atoms with van der Waals surface area (Å²) in [6.45, 7) is 5.03. The molecule has 0 unspecified atom stereocenters. The maximum absolute atomic E-state index is 13.8. The Morgan fingerprint density at radius 1 is 1.19 bits per heavy atom. The molecule has 5 N–H and O–H groups in total. The first-order chi connectivity index (χ1) is 14.3. The quantitative estimate of drug-likeness (QED) is 0.602. The zero-order valence-corrected chi connectivity index (χ0v) is 17.5. The van der Waals surface area contributed by atoms with Crippen LogP contribution in [0.3, 0.4) is 0 Å². The molecular formula is C20H26F5N6+. The molecule has 2 heterocycles. The topological polar surface area (TPSA) is 80.3 Å². The van der Waals surface area contributed by atoms with Crippen LogP contribution in [0.25, 0.3) is 0 Å². The van der Waals surface area contributed by atoms with Gasteiger partial charge >= 0.3 is 12.1 Å². The van der Waals surface area contributed by atoms with E-state index in [1.165, 1.54) is 23.1 Å². The van der Waals surface area contributed by atoms with Crippen molar-refractivity contribution in [3.05, 3.63) is 35.4 Å². The first-order valence-electron chi connectivity index (χ1n) is 9.78.